The number of thiazole rings is 1. The number of carboxylic acids is 2. The van der Waals surface area contributed by atoms with Gasteiger partial charge in [0.25, 0.3) is 11.5 Å². The summed E-state index contributed by atoms with van der Waals surface area (Å²) < 4.78 is 12.1. The number of thiocarbonyl (C=S) groups is 1. The molecule has 0 bridgehead atoms. The molecule has 1 amide bonds. The Morgan fingerprint density at radius 3 is 2.42 bits per heavy atom. The molecule has 1 aromatic carbocycles. The van der Waals surface area contributed by atoms with E-state index in [0.717, 1.165) is 38.2 Å². The van der Waals surface area contributed by atoms with Crippen LogP contribution in [-0.2, 0) is 20.9 Å². The van der Waals surface area contributed by atoms with Gasteiger partial charge in [-0.2, -0.15) is 5.06 Å². The van der Waals surface area contributed by atoms with Gasteiger partial charge in [-0.25, -0.2) is 0 Å². The lowest BCUT2D eigenvalue weighted by Gasteiger charge is -2.23. The number of hydrogen-bond acceptors (Lipinski definition) is 12. The molecule has 40 heavy (non-hydrogen) atoms. The van der Waals surface area contributed by atoms with E-state index in [9.17, 15) is 34.6 Å². The number of hydrogen-bond donors (Lipinski definition) is 3. The number of anilines is 1. The third kappa shape index (κ3) is 5.12. The van der Waals surface area contributed by atoms with E-state index in [1.54, 1.807) is 12.1 Å². The zero-order chi connectivity index (χ0) is 28.9. The first-order valence-corrected chi connectivity index (χ1v) is 14.6. The molecular weight excluding hydrogens is 603 g/mol. The first-order valence-electron chi connectivity index (χ1n) is 11.7. The Bertz CT molecular complexity index is 1690. The molecule has 0 spiro atoms. The molecule has 16 heteroatoms. The lowest BCUT2D eigenvalue weighted by Crippen LogP contribution is -2.35. The second-order valence-corrected chi connectivity index (χ2v) is 12.7. The molecular formula is C24H21N3O9S4. The lowest BCUT2D eigenvalue weighted by molar-refractivity contribution is -0.140. The quantitative estimate of drug-likeness (QED) is 0.303. The number of nitrogens with zero attached hydrogens (tertiary/aromatic N) is 3. The van der Waals surface area contributed by atoms with E-state index in [-0.39, 0.29) is 49.2 Å². The highest BCUT2D eigenvalue weighted by atomic mass is 32.2. The number of allylic oxidation sites excluding steroid dienone is 1. The molecule has 4 heterocycles. The SMILES string of the molecule is CC(C)C(/C=c1/s/c(=C2\SC(=S)N(O)C2=O)n(CC(=O)O)c1=O)=C1/Sc2cc3c(cc2N1CCC(=O)O)OCO3. The zero-order valence-corrected chi connectivity index (χ0v) is 24.2. The zero-order valence-electron chi connectivity index (χ0n) is 20.9. The molecule has 1 saturated heterocycles. The van der Waals surface area contributed by atoms with Crippen LogP contribution in [0.5, 0.6) is 11.5 Å². The predicted octanol–water partition coefficient (Wildman–Crippen LogP) is 1.82. The maximum atomic E-state index is 13.5. The van der Waals surface area contributed by atoms with Crippen LogP contribution in [0.25, 0.3) is 11.0 Å². The summed E-state index contributed by atoms with van der Waals surface area (Å²) >= 11 is 8.07. The molecule has 2 aromatic rings. The smallest absolute Gasteiger partial charge is 0.323 e. The minimum Gasteiger partial charge on any atom is -0.481 e. The van der Waals surface area contributed by atoms with Gasteiger partial charge in [0.2, 0.25) is 6.79 Å². The van der Waals surface area contributed by atoms with E-state index in [2.05, 4.69) is 0 Å². The molecule has 12 nitrogen and oxygen atoms in total. The average Bonchev–Trinajstić information content (AvgIpc) is 3.62. The summed E-state index contributed by atoms with van der Waals surface area (Å²) in [6, 6.07) is 3.62. The number of aliphatic carboxylic acids is 2. The second-order valence-electron chi connectivity index (χ2n) is 9.00. The number of ether oxygens (including phenoxy) is 2. The Morgan fingerprint density at radius 2 is 1.82 bits per heavy atom. The number of fused-ring (bicyclic) bond motifs is 2. The molecule has 3 N–H and O–H groups in total. The van der Waals surface area contributed by atoms with E-state index < -0.39 is 29.9 Å². The first-order chi connectivity index (χ1) is 19.0. The third-order valence-corrected chi connectivity index (χ3v) is 9.84. The van der Waals surface area contributed by atoms with Crippen LogP contribution in [0.3, 0.4) is 0 Å². The average molecular weight is 624 g/mol. The van der Waals surface area contributed by atoms with E-state index >= 15 is 0 Å². The number of carbonyl (C=O) groups excluding carboxylic acids is 1. The van der Waals surface area contributed by atoms with Gasteiger partial charge in [-0.15, -0.1) is 11.3 Å². The molecule has 1 aromatic heterocycles. The van der Waals surface area contributed by atoms with Gasteiger partial charge in [-0.3, -0.25) is 29.0 Å². The largest absolute Gasteiger partial charge is 0.481 e. The number of aromatic nitrogens is 1. The molecule has 1 fully saturated rings. The van der Waals surface area contributed by atoms with Crippen molar-refractivity contribution in [2.24, 2.45) is 5.92 Å². The van der Waals surface area contributed by atoms with Gasteiger partial charge in [-0.05, 0) is 41.5 Å². The fraction of sp³-hybridized carbons (Fsp3) is 0.292. The normalized spacial score (nSPS) is 19.2. The summed E-state index contributed by atoms with van der Waals surface area (Å²) in [5.41, 5.74) is 0.825. The Kier molecular flexibility index (Phi) is 7.71. The number of hydroxylamine groups is 2. The summed E-state index contributed by atoms with van der Waals surface area (Å²) in [6.07, 6.45) is 1.50. The molecule has 210 valence electrons. The van der Waals surface area contributed by atoms with Gasteiger partial charge >= 0.3 is 11.9 Å². The van der Waals surface area contributed by atoms with Crippen LogP contribution in [-0.4, -0.2) is 60.6 Å². The highest BCUT2D eigenvalue weighted by Crippen LogP contribution is 2.53. The summed E-state index contributed by atoms with van der Waals surface area (Å²) in [4.78, 5) is 51.7. The van der Waals surface area contributed by atoms with Crippen molar-refractivity contribution in [2.75, 3.05) is 18.2 Å². The van der Waals surface area contributed by atoms with Crippen molar-refractivity contribution < 1.29 is 39.3 Å². The van der Waals surface area contributed by atoms with Gasteiger partial charge in [0.05, 0.1) is 21.7 Å². The molecule has 0 atom stereocenters. The fourth-order valence-electron chi connectivity index (χ4n) is 4.19. The molecule has 3 aliphatic rings. The van der Waals surface area contributed by atoms with E-state index in [1.165, 1.54) is 11.8 Å². The van der Waals surface area contributed by atoms with Crippen LogP contribution in [0.4, 0.5) is 5.69 Å². The van der Waals surface area contributed by atoms with Gasteiger partial charge in [0.15, 0.2) is 15.8 Å². The van der Waals surface area contributed by atoms with E-state index in [0.29, 0.717) is 22.1 Å². The number of carbonyl (C=O) groups is 3. The van der Waals surface area contributed by atoms with Crippen molar-refractivity contribution in [3.05, 3.63) is 42.3 Å². The van der Waals surface area contributed by atoms with Crippen LogP contribution in [0, 0.1) is 5.92 Å². The van der Waals surface area contributed by atoms with Crippen LogP contribution < -0.4 is 29.1 Å². The van der Waals surface area contributed by atoms with E-state index in [4.69, 9.17) is 21.7 Å². The molecule has 0 radical (unpaired) electrons. The van der Waals surface area contributed by atoms with Crippen molar-refractivity contribution in [1.82, 2.24) is 9.63 Å². The number of amides is 1. The van der Waals surface area contributed by atoms with Crippen molar-refractivity contribution in [1.29, 1.82) is 0 Å². The van der Waals surface area contributed by atoms with Crippen LogP contribution >= 0.6 is 47.1 Å². The van der Waals surface area contributed by atoms with Crippen LogP contribution in [0.2, 0.25) is 0 Å². The maximum absolute atomic E-state index is 13.5. The molecule has 5 rings (SSSR count). The van der Waals surface area contributed by atoms with Crippen molar-refractivity contribution in [3.63, 3.8) is 0 Å². The minimum absolute atomic E-state index is 0.0468. The molecule has 0 unspecified atom stereocenters. The molecule has 0 saturated carbocycles. The molecule has 3 aliphatic heterocycles. The predicted molar refractivity (Wildman–Crippen MR) is 152 cm³/mol. The van der Waals surface area contributed by atoms with Crippen molar-refractivity contribution >= 4 is 85.9 Å². The van der Waals surface area contributed by atoms with Crippen LogP contribution in [0.15, 0.2) is 32.4 Å². The topological polar surface area (TPSA) is 159 Å². The first kappa shape index (κ1) is 28.2. The summed E-state index contributed by atoms with van der Waals surface area (Å²) in [5.74, 6) is -2.12. The second kappa shape index (κ2) is 10.9. The summed E-state index contributed by atoms with van der Waals surface area (Å²) in [5, 5.41) is 29.7. The Balaban J connectivity index is 1.72. The summed E-state index contributed by atoms with van der Waals surface area (Å²) in [6.45, 7) is 3.38. The van der Waals surface area contributed by atoms with Gasteiger partial charge < -0.3 is 24.6 Å². The monoisotopic (exact) mass is 623 g/mol. The fourth-order valence-corrected chi connectivity index (χ4v) is 7.88. The minimum atomic E-state index is -1.28. The third-order valence-electron chi connectivity index (χ3n) is 6.05. The van der Waals surface area contributed by atoms with Gasteiger partial charge in [0.1, 0.15) is 16.1 Å². The van der Waals surface area contributed by atoms with Crippen molar-refractivity contribution in [2.45, 2.75) is 31.7 Å². The van der Waals surface area contributed by atoms with Gasteiger partial charge in [0, 0.05) is 23.6 Å². The van der Waals surface area contributed by atoms with Crippen LogP contribution in [0.1, 0.15) is 20.3 Å². The van der Waals surface area contributed by atoms with E-state index in [1.807, 2.05) is 24.8 Å². The standard InChI is InChI=1S/C24H21N3O9S4/c1-10(2)11(22-25(4-3-17(28)29)12-6-13-14(36-9-35-13)7-15(12)38-22)5-16-20(32)26(8-18(30)31)23(39-16)19-21(33)27(34)24(37)40-19/h5-7,10,34H,3-4,8-9H2,1-2H3,(H,28,29)(H,30,31)/b16-5+,22-11+,23-19-. The van der Waals surface area contributed by atoms with Crippen molar-refractivity contribution in [3.8, 4) is 11.5 Å². The number of benzene rings is 1. The lowest BCUT2D eigenvalue weighted by atomic mass is 10.0. The highest BCUT2D eigenvalue weighted by Gasteiger charge is 2.34. The Labute approximate surface area is 243 Å². The maximum Gasteiger partial charge on any atom is 0.323 e. The number of carboxylic acid groups (broad SMARTS) is 2. The Morgan fingerprint density at radius 1 is 1.12 bits per heavy atom. The Hall–Kier alpha value is -3.31. The van der Waals surface area contributed by atoms with Gasteiger partial charge in [-0.1, -0.05) is 25.6 Å². The number of rotatable bonds is 7. The summed E-state index contributed by atoms with van der Waals surface area (Å²) in [7, 11) is 0. The number of thioether (sulfide) groups is 2. The molecule has 0 aliphatic carbocycles. The highest BCUT2D eigenvalue weighted by molar-refractivity contribution is 8.30.